The summed E-state index contributed by atoms with van der Waals surface area (Å²) in [6.07, 6.45) is 0.437. The summed E-state index contributed by atoms with van der Waals surface area (Å²) in [5.74, 6) is 0.0328. The molecule has 2 nitrogen and oxygen atoms in total. The van der Waals surface area contributed by atoms with Gasteiger partial charge in [0.25, 0.3) is 5.24 Å². The van der Waals surface area contributed by atoms with Crippen molar-refractivity contribution in [2.45, 2.75) is 13.3 Å². The number of ketones is 1. The summed E-state index contributed by atoms with van der Waals surface area (Å²) >= 11 is 8.52. The molecule has 0 spiro atoms. The third-order valence-electron chi connectivity index (χ3n) is 1.82. The van der Waals surface area contributed by atoms with Crippen molar-refractivity contribution in [1.29, 1.82) is 0 Å². The fraction of sp³-hybridized carbons (Fsp3) is 0.200. The van der Waals surface area contributed by atoms with Crippen LogP contribution in [0.2, 0.25) is 0 Å². The van der Waals surface area contributed by atoms with Crippen molar-refractivity contribution < 1.29 is 9.59 Å². The Morgan fingerprint density at radius 2 is 2.07 bits per heavy atom. The first-order chi connectivity index (χ1) is 6.56. The van der Waals surface area contributed by atoms with Crippen LogP contribution in [0.1, 0.15) is 34.1 Å². The molecule has 4 heteroatoms. The SMILES string of the molecule is CCC(=O)c1ccc(C(=O)Cl)cc1Br. The molecule has 0 unspecified atom stereocenters. The van der Waals surface area contributed by atoms with E-state index in [1.807, 2.05) is 0 Å². The van der Waals surface area contributed by atoms with E-state index in [9.17, 15) is 9.59 Å². The minimum absolute atomic E-state index is 0.0328. The van der Waals surface area contributed by atoms with Crippen LogP contribution in [0.25, 0.3) is 0 Å². The van der Waals surface area contributed by atoms with Gasteiger partial charge in [-0.15, -0.1) is 0 Å². The third-order valence-corrected chi connectivity index (χ3v) is 2.69. The number of Topliss-reactive ketones (excluding diaryl/α,β-unsaturated/α-hetero) is 1. The van der Waals surface area contributed by atoms with Crippen LogP contribution in [-0.4, -0.2) is 11.0 Å². The van der Waals surface area contributed by atoms with E-state index >= 15 is 0 Å². The lowest BCUT2D eigenvalue weighted by Gasteiger charge is -2.02. The van der Waals surface area contributed by atoms with Crippen LogP contribution in [0.15, 0.2) is 22.7 Å². The molecule has 0 fully saturated rings. The number of rotatable bonds is 3. The maximum atomic E-state index is 11.4. The lowest BCUT2D eigenvalue weighted by molar-refractivity contribution is 0.0986. The third kappa shape index (κ3) is 2.42. The van der Waals surface area contributed by atoms with E-state index in [2.05, 4.69) is 15.9 Å². The van der Waals surface area contributed by atoms with Crippen molar-refractivity contribution in [2.75, 3.05) is 0 Å². The smallest absolute Gasteiger partial charge is 0.252 e. The Morgan fingerprint density at radius 3 is 2.50 bits per heavy atom. The summed E-state index contributed by atoms with van der Waals surface area (Å²) < 4.78 is 0.607. The molecule has 0 bridgehead atoms. The van der Waals surface area contributed by atoms with E-state index in [0.29, 0.717) is 22.0 Å². The quantitative estimate of drug-likeness (QED) is 0.626. The van der Waals surface area contributed by atoms with E-state index in [-0.39, 0.29) is 5.78 Å². The second-order valence-corrected chi connectivity index (χ2v) is 3.94. The Kier molecular flexibility index (Phi) is 3.84. The van der Waals surface area contributed by atoms with Crippen molar-refractivity contribution >= 4 is 38.6 Å². The second-order valence-electron chi connectivity index (χ2n) is 2.75. The molecule has 0 saturated carbocycles. The Hall–Kier alpha value is -0.670. The summed E-state index contributed by atoms with van der Waals surface area (Å²) in [6, 6.07) is 4.70. The van der Waals surface area contributed by atoms with Crippen molar-refractivity contribution in [2.24, 2.45) is 0 Å². The Labute approximate surface area is 95.4 Å². The molecule has 0 saturated heterocycles. The first kappa shape index (κ1) is 11.4. The molecule has 0 heterocycles. The van der Waals surface area contributed by atoms with Gasteiger partial charge in [0.2, 0.25) is 0 Å². The highest BCUT2D eigenvalue weighted by molar-refractivity contribution is 9.10. The fourth-order valence-corrected chi connectivity index (χ4v) is 1.77. The molecule has 14 heavy (non-hydrogen) atoms. The van der Waals surface area contributed by atoms with Gasteiger partial charge >= 0.3 is 0 Å². The van der Waals surface area contributed by atoms with Crippen LogP contribution >= 0.6 is 27.5 Å². The van der Waals surface area contributed by atoms with Gasteiger partial charge in [0.1, 0.15) is 0 Å². The summed E-state index contributed by atoms with van der Waals surface area (Å²) in [7, 11) is 0. The number of hydrogen-bond donors (Lipinski definition) is 0. The van der Waals surface area contributed by atoms with Gasteiger partial charge < -0.3 is 0 Å². The van der Waals surface area contributed by atoms with Gasteiger partial charge in [-0.1, -0.05) is 22.9 Å². The highest BCUT2D eigenvalue weighted by Crippen LogP contribution is 2.20. The van der Waals surface area contributed by atoms with Crippen LogP contribution in [0.3, 0.4) is 0 Å². The van der Waals surface area contributed by atoms with E-state index in [0.717, 1.165) is 0 Å². The molecule has 0 N–H and O–H groups in total. The van der Waals surface area contributed by atoms with E-state index < -0.39 is 5.24 Å². The minimum atomic E-state index is -0.527. The second kappa shape index (κ2) is 4.71. The number of carbonyl (C=O) groups excluding carboxylic acids is 2. The summed E-state index contributed by atoms with van der Waals surface area (Å²) in [6.45, 7) is 1.79. The maximum absolute atomic E-state index is 11.4. The van der Waals surface area contributed by atoms with E-state index in [4.69, 9.17) is 11.6 Å². The highest BCUT2D eigenvalue weighted by Gasteiger charge is 2.10. The fourth-order valence-electron chi connectivity index (χ4n) is 1.05. The average molecular weight is 276 g/mol. The van der Waals surface area contributed by atoms with Crippen LogP contribution in [0, 0.1) is 0 Å². The molecule has 0 aliphatic rings. The maximum Gasteiger partial charge on any atom is 0.252 e. The Balaban J connectivity index is 3.14. The molecule has 1 aromatic rings. The molecular weight excluding hydrogens is 267 g/mol. The summed E-state index contributed by atoms with van der Waals surface area (Å²) in [5.41, 5.74) is 0.959. The highest BCUT2D eigenvalue weighted by atomic mass is 79.9. The lowest BCUT2D eigenvalue weighted by atomic mass is 10.1. The number of benzene rings is 1. The Bertz CT molecular complexity index is 388. The zero-order valence-corrected chi connectivity index (χ0v) is 9.85. The standard InChI is InChI=1S/C10H8BrClO2/c1-2-9(13)7-4-3-6(10(12)14)5-8(7)11/h3-5H,2H2,1H3. The molecule has 0 aliphatic heterocycles. The minimum Gasteiger partial charge on any atom is -0.294 e. The van der Waals surface area contributed by atoms with Crippen molar-refractivity contribution in [3.63, 3.8) is 0 Å². The van der Waals surface area contributed by atoms with Crippen molar-refractivity contribution in [1.82, 2.24) is 0 Å². The van der Waals surface area contributed by atoms with Gasteiger partial charge in [0.05, 0.1) is 0 Å². The molecule has 0 atom stereocenters. The van der Waals surface area contributed by atoms with Gasteiger partial charge in [-0.05, 0) is 29.8 Å². The monoisotopic (exact) mass is 274 g/mol. The van der Waals surface area contributed by atoms with E-state index in [1.54, 1.807) is 25.1 Å². The first-order valence-corrected chi connectivity index (χ1v) is 5.26. The van der Waals surface area contributed by atoms with Gasteiger partial charge in [-0.2, -0.15) is 0 Å². The molecule has 74 valence electrons. The predicted molar refractivity (Wildman–Crippen MR) is 58.9 cm³/mol. The van der Waals surface area contributed by atoms with Crippen LogP contribution < -0.4 is 0 Å². The van der Waals surface area contributed by atoms with Crippen molar-refractivity contribution in [3.8, 4) is 0 Å². The Morgan fingerprint density at radius 1 is 1.43 bits per heavy atom. The zero-order chi connectivity index (χ0) is 10.7. The molecule has 0 amide bonds. The van der Waals surface area contributed by atoms with Gasteiger partial charge in [0.15, 0.2) is 5.78 Å². The molecule has 0 aliphatic carbocycles. The largest absolute Gasteiger partial charge is 0.294 e. The van der Waals surface area contributed by atoms with Crippen molar-refractivity contribution in [3.05, 3.63) is 33.8 Å². The summed E-state index contributed by atoms with van der Waals surface area (Å²) in [4.78, 5) is 22.2. The predicted octanol–water partition coefficient (Wildman–Crippen LogP) is 3.42. The van der Waals surface area contributed by atoms with Gasteiger partial charge in [0, 0.05) is 22.0 Å². The van der Waals surface area contributed by atoms with Gasteiger partial charge in [-0.25, -0.2) is 0 Å². The van der Waals surface area contributed by atoms with Crippen LogP contribution in [0.5, 0.6) is 0 Å². The molecule has 0 aromatic heterocycles. The van der Waals surface area contributed by atoms with Crippen LogP contribution in [-0.2, 0) is 0 Å². The first-order valence-electron chi connectivity index (χ1n) is 4.08. The number of carbonyl (C=O) groups is 2. The van der Waals surface area contributed by atoms with Crippen LogP contribution in [0.4, 0.5) is 0 Å². The molecule has 1 rings (SSSR count). The molecule has 0 radical (unpaired) electrons. The normalized spacial score (nSPS) is 9.93. The lowest BCUT2D eigenvalue weighted by Crippen LogP contribution is -1.99. The topological polar surface area (TPSA) is 34.1 Å². The van der Waals surface area contributed by atoms with E-state index in [1.165, 1.54) is 0 Å². The zero-order valence-electron chi connectivity index (χ0n) is 7.51. The molecule has 1 aromatic carbocycles. The number of halogens is 2. The summed E-state index contributed by atoms with van der Waals surface area (Å²) in [5, 5.41) is -0.527. The average Bonchev–Trinajstić information content (AvgIpc) is 2.16. The number of hydrogen-bond acceptors (Lipinski definition) is 2. The molecular formula is C10H8BrClO2. The van der Waals surface area contributed by atoms with Gasteiger partial charge in [-0.3, -0.25) is 9.59 Å².